The number of aromatic nitrogens is 1. The Labute approximate surface area is 134 Å². The quantitative estimate of drug-likeness (QED) is 0.779. The molecule has 0 saturated carbocycles. The van der Waals surface area contributed by atoms with Crippen LogP contribution in [0.4, 0.5) is 0 Å². The second-order valence-electron chi connectivity index (χ2n) is 5.91. The number of carbonyl (C=O) groups excluding carboxylic acids is 3. The van der Waals surface area contributed by atoms with Gasteiger partial charge in [-0.05, 0) is 27.7 Å². The van der Waals surface area contributed by atoms with Crippen molar-refractivity contribution < 1.29 is 18.9 Å². The van der Waals surface area contributed by atoms with E-state index in [0.717, 1.165) is 0 Å². The zero-order valence-electron chi connectivity index (χ0n) is 13.9. The van der Waals surface area contributed by atoms with Crippen LogP contribution in [-0.4, -0.2) is 64.9 Å². The number of piperazine rings is 1. The summed E-state index contributed by atoms with van der Waals surface area (Å²) in [7, 11) is 0. The minimum atomic E-state index is -0.606. The third-order valence-corrected chi connectivity index (χ3v) is 3.72. The highest BCUT2D eigenvalue weighted by Gasteiger charge is 2.30. The maximum absolute atomic E-state index is 12.5. The Balaban J connectivity index is 1.95. The van der Waals surface area contributed by atoms with Crippen molar-refractivity contribution in [2.45, 2.75) is 33.7 Å². The smallest absolute Gasteiger partial charge is 0.312 e. The van der Waals surface area contributed by atoms with Gasteiger partial charge in [0, 0.05) is 32.2 Å². The molecule has 1 aliphatic heterocycles. The number of hydrogen-bond acceptors (Lipinski definition) is 5. The number of rotatable bonds is 2. The van der Waals surface area contributed by atoms with Crippen molar-refractivity contribution in [2.75, 3.05) is 26.2 Å². The molecular formula is C15H22N4O4. The van der Waals surface area contributed by atoms with E-state index in [1.54, 1.807) is 32.6 Å². The predicted octanol–water partition coefficient (Wildman–Crippen LogP) is 0.100. The standard InChI is InChI=1S/C15H22N4O4/c1-9(2)16-13(20)15(22)19-7-5-18(6-8-19)14(21)12-10(3)17-23-11(12)4/h9H,5-8H2,1-4H3,(H,16,20). The molecule has 0 unspecified atom stereocenters. The highest BCUT2D eigenvalue weighted by Crippen LogP contribution is 2.16. The van der Waals surface area contributed by atoms with Crippen LogP contribution in [0.15, 0.2) is 4.52 Å². The van der Waals surface area contributed by atoms with Crippen LogP contribution in [0, 0.1) is 13.8 Å². The molecule has 0 spiro atoms. The SMILES string of the molecule is Cc1noc(C)c1C(=O)N1CCN(C(=O)C(=O)NC(C)C)CC1. The van der Waals surface area contributed by atoms with Gasteiger partial charge in [0.1, 0.15) is 11.3 Å². The molecule has 0 aromatic carbocycles. The molecule has 1 saturated heterocycles. The molecule has 23 heavy (non-hydrogen) atoms. The molecule has 0 bridgehead atoms. The molecule has 2 heterocycles. The fourth-order valence-corrected chi connectivity index (χ4v) is 2.53. The first-order valence-electron chi connectivity index (χ1n) is 7.63. The van der Waals surface area contributed by atoms with Crippen molar-refractivity contribution in [3.05, 3.63) is 17.0 Å². The lowest BCUT2D eigenvalue weighted by molar-refractivity contribution is -0.147. The van der Waals surface area contributed by atoms with Crippen LogP contribution in [0.3, 0.4) is 0 Å². The first-order valence-corrected chi connectivity index (χ1v) is 7.63. The molecule has 2 rings (SSSR count). The van der Waals surface area contributed by atoms with Crippen molar-refractivity contribution >= 4 is 17.7 Å². The Morgan fingerprint density at radius 3 is 2.13 bits per heavy atom. The summed E-state index contributed by atoms with van der Waals surface area (Å²) in [6.07, 6.45) is 0. The number of aryl methyl sites for hydroxylation is 2. The lowest BCUT2D eigenvalue weighted by Crippen LogP contribution is -2.54. The summed E-state index contributed by atoms with van der Waals surface area (Å²) in [4.78, 5) is 39.4. The average molecular weight is 322 g/mol. The predicted molar refractivity (Wildman–Crippen MR) is 81.7 cm³/mol. The van der Waals surface area contributed by atoms with E-state index in [9.17, 15) is 14.4 Å². The number of nitrogens with one attached hydrogen (secondary N) is 1. The van der Waals surface area contributed by atoms with E-state index >= 15 is 0 Å². The van der Waals surface area contributed by atoms with Gasteiger partial charge >= 0.3 is 11.8 Å². The highest BCUT2D eigenvalue weighted by atomic mass is 16.5. The van der Waals surface area contributed by atoms with Crippen molar-refractivity contribution in [1.82, 2.24) is 20.3 Å². The summed E-state index contributed by atoms with van der Waals surface area (Å²) >= 11 is 0. The molecule has 1 aliphatic rings. The van der Waals surface area contributed by atoms with Crippen LogP contribution in [0.25, 0.3) is 0 Å². The molecular weight excluding hydrogens is 300 g/mol. The van der Waals surface area contributed by atoms with E-state index < -0.39 is 11.8 Å². The van der Waals surface area contributed by atoms with E-state index in [2.05, 4.69) is 10.5 Å². The second-order valence-corrected chi connectivity index (χ2v) is 5.91. The lowest BCUT2D eigenvalue weighted by atomic mass is 10.1. The monoisotopic (exact) mass is 322 g/mol. The van der Waals surface area contributed by atoms with Gasteiger partial charge < -0.3 is 19.6 Å². The van der Waals surface area contributed by atoms with Gasteiger partial charge in [0.05, 0.1) is 5.69 Å². The maximum Gasteiger partial charge on any atom is 0.312 e. The molecule has 0 atom stereocenters. The summed E-state index contributed by atoms with van der Waals surface area (Å²) < 4.78 is 5.02. The molecule has 1 aromatic heterocycles. The summed E-state index contributed by atoms with van der Waals surface area (Å²) in [5, 5.41) is 6.37. The van der Waals surface area contributed by atoms with Crippen LogP contribution in [-0.2, 0) is 9.59 Å². The number of carbonyl (C=O) groups is 3. The fourth-order valence-electron chi connectivity index (χ4n) is 2.53. The first kappa shape index (κ1) is 17.0. The maximum atomic E-state index is 12.5. The van der Waals surface area contributed by atoms with Crippen LogP contribution in [0.5, 0.6) is 0 Å². The van der Waals surface area contributed by atoms with Gasteiger partial charge in [-0.15, -0.1) is 0 Å². The van der Waals surface area contributed by atoms with Crippen molar-refractivity contribution in [2.24, 2.45) is 0 Å². The number of nitrogens with zero attached hydrogens (tertiary/aromatic N) is 3. The molecule has 3 amide bonds. The van der Waals surface area contributed by atoms with Crippen molar-refractivity contribution in [1.29, 1.82) is 0 Å². The highest BCUT2D eigenvalue weighted by molar-refractivity contribution is 6.35. The zero-order chi connectivity index (χ0) is 17.1. The summed E-state index contributed by atoms with van der Waals surface area (Å²) in [6, 6.07) is -0.0890. The Kier molecular flexibility index (Phi) is 5.02. The van der Waals surface area contributed by atoms with E-state index in [-0.39, 0.29) is 11.9 Å². The largest absolute Gasteiger partial charge is 0.361 e. The van der Waals surface area contributed by atoms with Gasteiger partial charge in [0.2, 0.25) is 0 Å². The minimum Gasteiger partial charge on any atom is -0.361 e. The van der Waals surface area contributed by atoms with Gasteiger partial charge in [0.25, 0.3) is 5.91 Å². The molecule has 126 valence electrons. The summed E-state index contributed by atoms with van der Waals surface area (Å²) in [5.74, 6) is -0.823. The summed E-state index contributed by atoms with van der Waals surface area (Å²) in [6.45, 7) is 8.44. The molecule has 8 nitrogen and oxygen atoms in total. The van der Waals surface area contributed by atoms with Gasteiger partial charge in [-0.25, -0.2) is 0 Å². The Morgan fingerprint density at radius 2 is 1.65 bits per heavy atom. The van der Waals surface area contributed by atoms with Crippen molar-refractivity contribution in [3.8, 4) is 0 Å². The second kappa shape index (κ2) is 6.80. The Morgan fingerprint density at radius 1 is 1.09 bits per heavy atom. The number of amides is 3. The van der Waals surface area contributed by atoms with E-state index in [1.807, 2.05) is 0 Å². The first-order chi connectivity index (χ1) is 10.8. The van der Waals surface area contributed by atoms with Crippen LogP contribution >= 0.6 is 0 Å². The van der Waals surface area contributed by atoms with Gasteiger partial charge in [0.15, 0.2) is 0 Å². The molecule has 0 aliphatic carbocycles. The fraction of sp³-hybridized carbons (Fsp3) is 0.600. The lowest BCUT2D eigenvalue weighted by Gasteiger charge is -2.34. The third-order valence-electron chi connectivity index (χ3n) is 3.72. The van der Waals surface area contributed by atoms with Gasteiger partial charge in [-0.1, -0.05) is 5.16 Å². The zero-order valence-corrected chi connectivity index (χ0v) is 13.9. The molecule has 0 radical (unpaired) electrons. The Bertz CT molecular complexity index is 595. The molecule has 8 heteroatoms. The van der Waals surface area contributed by atoms with Crippen LogP contribution in [0.2, 0.25) is 0 Å². The van der Waals surface area contributed by atoms with Crippen LogP contribution in [0.1, 0.15) is 35.7 Å². The van der Waals surface area contributed by atoms with Gasteiger partial charge in [-0.2, -0.15) is 0 Å². The topological polar surface area (TPSA) is 95.8 Å². The van der Waals surface area contributed by atoms with Crippen LogP contribution < -0.4 is 5.32 Å². The Hall–Kier alpha value is -2.38. The third kappa shape index (κ3) is 3.69. The van der Waals surface area contributed by atoms with E-state index in [0.29, 0.717) is 43.2 Å². The van der Waals surface area contributed by atoms with Gasteiger partial charge in [-0.3, -0.25) is 14.4 Å². The average Bonchev–Trinajstić information content (AvgIpc) is 2.84. The molecule has 1 N–H and O–H groups in total. The summed E-state index contributed by atoms with van der Waals surface area (Å²) in [5.41, 5.74) is 1.03. The van der Waals surface area contributed by atoms with E-state index in [4.69, 9.17) is 4.52 Å². The molecule has 1 aromatic rings. The normalized spacial score (nSPS) is 15.0. The molecule has 1 fully saturated rings. The minimum absolute atomic E-state index is 0.0890. The van der Waals surface area contributed by atoms with E-state index in [1.165, 1.54) is 4.90 Å². The number of hydrogen-bond donors (Lipinski definition) is 1. The van der Waals surface area contributed by atoms with Crippen molar-refractivity contribution in [3.63, 3.8) is 0 Å².